The molecule has 3 aromatic carbocycles. The molecule has 0 aliphatic rings. The number of benzene rings is 3. The van der Waals surface area contributed by atoms with Crippen LogP contribution in [-0.4, -0.2) is 51.4 Å². The summed E-state index contributed by atoms with van der Waals surface area (Å²) in [5, 5.41) is 18.8. The molecule has 3 rings (SSSR count). The van der Waals surface area contributed by atoms with Gasteiger partial charge in [0.15, 0.2) is 5.96 Å². The van der Waals surface area contributed by atoms with Gasteiger partial charge in [-0.3, -0.25) is 9.59 Å². The number of halogens is 2. The van der Waals surface area contributed by atoms with Crippen LogP contribution in [-0.2, 0) is 16.1 Å². The van der Waals surface area contributed by atoms with Crippen LogP contribution in [0.1, 0.15) is 51.1 Å². The van der Waals surface area contributed by atoms with Crippen molar-refractivity contribution in [3.63, 3.8) is 0 Å². The Hall–Kier alpha value is -4.61. The largest absolute Gasteiger partial charge is 0.480 e. The third-order valence-electron chi connectivity index (χ3n) is 5.78. The molecule has 1 atom stereocenters. The van der Waals surface area contributed by atoms with Gasteiger partial charge in [0.25, 0.3) is 0 Å². The van der Waals surface area contributed by atoms with E-state index >= 15 is 0 Å². The number of hydrogen-bond donors (Lipinski definition) is 4. The van der Waals surface area contributed by atoms with Crippen LogP contribution in [0.5, 0.6) is 5.75 Å². The van der Waals surface area contributed by atoms with Gasteiger partial charge in [-0.2, -0.15) is 0 Å². The number of rotatable bonds is 11. The van der Waals surface area contributed by atoms with E-state index in [0.717, 1.165) is 4.90 Å². The number of carboxylic acids is 2. The standard InChI is InChI=1S/C28H27ClN4O7.ClH/c1-16(11-24(34)33(15-25(35)36)14-17-3-2-4-19(12-17)26(37)38)22-10-9-21(13-23(22)29)40-27(39)18-5-7-20(8-6-18)32-28(30)31;/h2-10,12-13,16H,11,14-15H2,1H3,(H,35,36)(H,37,38)(H4,30,31,32);1H. The van der Waals surface area contributed by atoms with Gasteiger partial charge in [0, 0.05) is 18.0 Å². The highest BCUT2D eigenvalue weighted by molar-refractivity contribution is 6.31. The molecule has 0 aliphatic carbocycles. The van der Waals surface area contributed by atoms with E-state index < -0.39 is 36.3 Å². The van der Waals surface area contributed by atoms with Crippen molar-refractivity contribution < 1.29 is 34.1 Å². The number of ether oxygens (including phenoxy) is 1. The average Bonchev–Trinajstić information content (AvgIpc) is 2.88. The summed E-state index contributed by atoms with van der Waals surface area (Å²) in [6.45, 7) is 1.12. The zero-order chi connectivity index (χ0) is 29.4. The molecule has 13 heteroatoms. The molecule has 0 heterocycles. The Morgan fingerprint density at radius 3 is 2.24 bits per heavy atom. The van der Waals surface area contributed by atoms with Crippen molar-refractivity contribution in [3.8, 4) is 5.75 Å². The van der Waals surface area contributed by atoms with Crippen molar-refractivity contribution in [1.82, 2.24) is 4.90 Å². The summed E-state index contributed by atoms with van der Waals surface area (Å²) < 4.78 is 5.40. The average molecular weight is 603 g/mol. The van der Waals surface area contributed by atoms with Crippen molar-refractivity contribution in [2.24, 2.45) is 16.5 Å². The van der Waals surface area contributed by atoms with Crippen molar-refractivity contribution in [1.29, 1.82) is 0 Å². The summed E-state index contributed by atoms with van der Waals surface area (Å²) in [7, 11) is 0. The SMILES string of the molecule is CC(CC(=O)N(CC(=O)O)Cc1cccc(C(=O)O)c1)c1ccc(OC(=O)c2ccc(N=C(N)N)cc2)cc1Cl.Cl. The van der Waals surface area contributed by atoms with E-state index in [0.29, 0.717) is 16.8 Å². The van der Waals surface area contributed by atoms with Crippen molar-refractivity contribution in [3.05, 3.63) is 94.0 Å². The molecular formula is C28H28Cl2N4O7. The monoisotopic (exact) mass is 602 g/mol. The maximum atomic E-state index is 13.1. The summed E-state index contributed by atoms with van der Waals surface area (Å²) in [6, 6.07) is 16.7. The molecule has 0 aromatic heterocycles. The molecule has 11 nitrogen and oxygen atoms in total. The Morgan fingerprint density at radius 2 is 1.66 bits per heavy atom. The van der Waals surface area contributed by atoms with Gasteiger partial charge in [-0.15, -0.1) is 12.4 Å². The smallest absolute Gasteiger partial charge is 0.343 e. The lowest BCUT2D eigenvalue weighted by Crippen LogP contribution is -2.35. The Labute approximate surface area is 246 Å². The van der Waals surface area contributed by atoms with Crippen molar-refractivity contribution in [2.75, 3.05) is 6.54 Å². The minimum atomic E-state index is -1.20. The fourth-order valence-corrected chi connectivity index (χ4v) is 4.23. The van der Waals surface area contributed by atoms with Crippen LogP contribution in [0.3, 0.4) is 0 Å². The molecule has 0 saturated heterocycles. The molecular weight excluding hydrogens is 575 g/mol. The highest BCUT2D eigenvalue weighted by atomic mass is 35.5. The van der Waals surface area contributed by atoms with E-state index in [1.807, 2.05) is 0 Å². The maximum Gasteiger partial charge on any atom is 0.343 e. The fraction of sp³-hybridized carbons (Fsp3) is 0.179. The molecule has 1 unspecified atom stereocenters. The summed E-state index contributed by atoms with van der Waals surface area (Å²) in [6.07, 6.45) is -0.0626. The third kappa shape index (κ3) is 9.52. The predicted octanol–water partition coefficient (Wildman–Crippen LogP) is 4.19. The normalized spacial score (nSPS) is 11.0. The second kappa shape index (κ2) is 14.7. The number of aliphatic imine (C=N–C) groups is 1. The molecule has 6 N–H and O–H groups in total. The highest BCUT2D eigenvalue weighted by Crippen LogP contribution is 2.31. The molecule has 216 valence electrons. The minimum Gasteiger partial charge on any atom is -0.480 e. The van der Waals surface area contributed by atoms with Crippen LogP contribution < -0.4 is 16.2 Å². The van der Waals surface area contributed by atoms with Crippen molar-refractivity contribution in [2.45, 2.75) is 25.8 Å². The zero-order valence-electron chi connectivity index (χ0n) is 21.8. The molecule has 1 amide bonds. The number of guanidine groups is 1. The van der Waals surface area contributed by atoms with Crippen LogP contribution in [0.4, 0.5) is 5.69 Å². The lowest BCUT2D eigenvalue weighted by Gasteiger charge is -2.23. The van der Waals surface area contributed by atoms with Gasteiger partial charge in [-0.05, 0) is 65.6 Å². The first-order chi connectivity index (χ1) is 18.9. The molecule has 0 saturated carbocycles. The fourth-order valence-electron chi connectivity index (χ4n) is 3.88. The molecule has 0 fully saturated rings. The predicted molar refractivity (Wildman–Crippen MR) is 155 cm³/mol. The van der Waals surface area contributed by atoms with E-state index in [9.17, 15) is 29.4 Å². The second-order valence-electron chi connectivity index (χ2n) is 8.91. The topological polar surface area (TPSA) is 186 Å². The van der Waals surface area contributed by atoms with Gasteiger partial charge in [-0.1, -0.05) is 36.7 Å². The first-order valence-corrected chi connectivity index (χ1v) is 12.3. The van der Waals surface area contributed by atoms with Gasteiger partial charge in [0.05, 0.1) is 16.8 Å². The first kappa shape index (κ1) is 32.6. The van der Waals surface area contributed by atoms with Crippen LogP contribution in [0.2, 0.25) is 5.02 Å². The number of carboxylic acid groups (broad SMARTS) is 2. The minimum absolute atomic E-state index is 0. The number of carbonyl (C=O) groups excluding carboxylic acids is 2. The van der Waals surface area contributed by atoms with Gasteiger partial charge in [0.1, 0.15) is 12.3 Å². The van der Waals surface area contributed by atoms with Crippen molar-refractivity contribution >= 4 is 59.5 Å². The second-order valence-corrected chi connectivity index (χ2v) is 9.32. The molecule has 0 radical (unpaired) electrons. The summed E-state index contributed by atoms with van der Waals surface area (Å²) in [5.74, 6) is -3.74. The summed E-state index contributed by atoms with van der Waals surface area (Å²) in [4.78, 5) is 53.3. The number of carbonyl (C=O) groups is 4. The van der Waals surface area contributed by atoms with E-state index in [4.69, 9.17) is 27.8 Å². The Bertz CT molecular complexity index is 1460. The van der Waals surface area contributed by atoms with Crippen LogP contribution in [0.25, 0.3) is 0 Å². The maximum absolute atomic E-state index is 13.1. The Morgan fingerprint density at radius 1 is 0.976 bits per heavy atom. The van der Waals surface area contributed by atoms with Crippen LogP contribution in [0.15, 0.2) is 71.7 Å². The van der Waals surface area contributed by atoms with E-state index in [1.54, 1.807) is 37.3 Å². The van der Waals surface area contributed by atoms with Gasteiger partial charge in [0.2, 0.25) is 5.91 Å². The number of aromatic carboxylic acids is 1. The lowest BCUT2D eigenvalue weighted by atomic mass is 9.96. The number of aliphatic carboxylic acids is 1. The summed E-state index contributed by atoms with van der Waals surface area (Å²) >= 11 is 6.44. The molecule has 0 spiro atoms. The quantitative estimate of drug-likeness (QED) is 0.108. The number of nitrogens with zero attached hydrogens (tertiary/aromatic N) is 2. The lowest BCUT2D eigenvalue weighted by molar-refractivity contribution is -0.145. The van der Waals surface area contributed by atoms with Crippen LogP contribution >= 0.6 is 24.0 Å². The highest BCUT2D eigenvalue weighted by Gasteiger charge is 2.22. The molecule has 3 aromatic rings. The first-order valence-electron chi connectivity index (χ1n) is 12.0. The van der Waals surface area contributed by atoms with Gasteiger partial charge >= 0.3 is 17.9 Å². The van der Waals surface area contributed by atoms with Gasteiger partial charge < -0.3 is 31.3 Å². The van der Waals surface area contributed by atoms with E-state index in [1.165, 1.54) is 36.4 Å². The van der Waals surface area contributed by atoms with E-state index in [-0.39, 0.29) is 53.2 Å². The molecule has 0 aliphatic heterocycles. The third-order valence-corrected chi connectivity index (χ3v) is 6.11. The Balaban J connectivity index is 0.00000588. The van der Waals surface area contributed by atoms with Gasteiger partial charge in [-0.25, -0.2) is 14.6 Å². The zero-order valence-corrected chi connectivity index (χ0v) is 23.4. The number of nitrogens with two attached hydrogens (primary N) is 2. The number of hydrogen-bond acceptors (Lipinski definition) is 6. The van der Waals surface area contributed by atoms with E-state index in [2.05, 4.69) is 4.99 Å². The number of esters is 1. The molecule has 0 bridgehead atoms. The number of amides is 1. The van der Waals surface area contributed by atoms with Crippen LogP contribution in [0, 0.1) is 0 Å². The Kier molecular flexibility index (Phi) is 11.7. The molecule has 41 heavy (non-hydrogen) atoms. The summed E-state index contributed by atoms with van der Waals surface area (Å²) in [5.41, 5.74) is 12.5.